The van der Waals surface area contributed by atoms with Crippen LogP contribution in [0.2, 0.25) is 0 Å². The van der Waals surface area contributed by atoms with Gasteiger partial charge in [0.2, 0.25) is 5.91 Å². The molecule has 2 N–H and O–H groups in total. The van der Waals surface area contributed by atoms with Crippen LogP contribution in [-0.4, -0.2) is 23.2 Å². The zero-order valence-corrected chi connectivity index (χ0v) is 12.5. The first kappa shape index (κ1) is 15.0. The molecule has 2 rings (SSSR count). The number of amides is 1. The summed E-state index contributed by atoms with van der Waals surface area (Å²) in [5.74, 6) is 0.201. The topological polar surface area (TPSA) is 49.3 Å². The zero-order chi connectivity index (χ0) is 14.6. The lowest BCUT2D eigenvalue weighted by Gasteiger charge is -2.32. The number of hydrogen-bond donors (Lipinski definition) is 2. The van der Waals surface area contributed by atoms with Crippen LogP contribution in [-0.2, 0) is 17.6 Å². The van der Waals surface area contributed by atoms with Gasteiger partial charge in [0.05, 0.1) is 0 Å². The molecule has 1 aromatic rings. The molecule has 3 nitrogen and oxygen atoms in total. The smallest absolute Gasteiger partial charge is 0.223 e. The van der Waals surface area contributed by atoms with Crippen molar-refractivity contribution in [3.05, 3.63) is 35.4 Å². The standard InChI is InChI=1S/C17H25NO2/c1-3-17(2,10-11-19)18-16(20)15-9-8-13-6-4-5-7-14(13)12-15/h4-7,15,19H,3,8-12H2,1-2H3,(H,18,20). The van der Waals surface area contributed by atoms with Crippen molar-refractivity contribution in [1.29, 1.82) is 0 Å². The van der Waals surface area contributed by atoms with Crippen LogP contribution in [0.5, 0.6) is 0 Å². The Bertz CT molecular complexity index is 472. The predicted octanol–water partition coefficient (Wildman–Crippen LogP) is 2.46. The van der Waals surface area contributed by atoms with E-state index in [2.05, 4.69) is 23.5 Å². The summed E-state index contributed by atoms with van der Waals surface area (Å²) >= 11 is 0. The van der Waals surface area contributed by atoms with Gasteiger partial charge in [0.25, 0.3) is 0 Å². The molecule has 20 heavy (non-hydrogen) atoms. The third-order valence-electron chi connectivity index (χ3n) is 4.59. The molecule has 0 bridgehead atoms. The Morgan fingerprint density at radius 1 is 1.40 bits per heavy atom. The lowest BCUT2D eigenvalue weighted by molar-refractivity contribution is -0.127. The highest BCUT2D eigenvalue weighted by Gasteiger charge is 2.30. The van der Waals surface area contributed by atoms with Crippen molar-refractivity contribution in [3.8, 4) is 0 Å². The van der Waals surface area contributed by atoms with Crippen molar-refractivity contribution in [3.63, 3.8) is 0 Å². The second-order valence-electron chi connectivity index (χ2n) is 6.09. The third-order valence-corrected chi connectivity index (χ3v) is 4.59. The lowest BCUT2D eigenvalue weighted by Crippen LogP contribution is -2.49. The molecule has 1 aliphatic rings. The first-order chi connectivity index (χ1) is 9.58. The van der Waals surface area contributed by atoms with Gasteiger partial charge in [0, 0.05) is 18.1 Å². The van der Waals surface area contributed by atoms with E-state index in [-0.39, 0.29) is 24.0 Å². The molecule has 0 heterocycles. The maximum Gasteiger partial charge on any atom is 0.223 e. The predicted molar refractivity (Wildman–Crippen MR) is 80.5 cm³/mol. The van der Waals surface area contributed by atoms with Crippen LogP contribution in [0.15, 0.2) is 24.3 Å². The molecule has 1 aliphatic carbocycles. The van der Waals surface area contributed by atoms with Crippen molar-refractivity contribution in [1.82, 2.24) is 5.32 Å². The average molecular weight is 275 g/mol. The number of aliphatic hydroxyl groups excluding tert-OH is 1. The number of fused-ring (bicyclic) bond motifs is 1. The second-order valence-corrected chi connectivity index (χ2v) is 6.09. The van der Waals surface area contributed by atoms with Crippen molar-refractivity contribution < 1.29 is 9.90 Å². The van der Waals surface area contributed by atoms with Crippen molar-refractivity contribution in [2.75, 3.05) is 6.61 Å². The van der Waals surface area contributed by atoms with Gasteiger partial charge in [0.15, 0.2) is 0 Å². The number of benzene rings is 1. The van der Waals surface area contributed by atoms with Crippen molar-refractivity contribution in [2.45, 2.75) is 51.5 Å². The van der Waals surface area contributed by atoms with Gasteiger partial charge in [-0.15, -0.1) is 0 Å². The summed E-state index contributed by atoms with van der Waals surface area (Å²) in [7, 11) is 0. The summed E-state index contributed by atoms with van der Waals surface area (Å²) in [6.45, 7) is 4.17. The molecule has 3 heteroatoms. The largest absolute Gasteiger partial charge is 0.396 e. The maximum atomic E-state index is 12.5. The summed E-state index contributed by atoms with van der Waals surface area (Å²) in [4.78, 5) is 12.5. The molecule has 0 aliphatic heterocycles. The first-order valence-corrected chi connectivity index (χ1v) is 7.57. The fraction of sp³-hybridized carbons (Fsp3) is 0.588. The summed E-state index contributed by atoms with van der Waals surface area (Å²) in [5.41, 5.74) is 2.40. The average Bonchev–Trinajstić information content (AvgIpc) is 2.47. The van der Waals surface area contributed by atoms with Crippen LogP contribution in [0.25, 0.3) is 0 Å². The molecule has 0 fully saturated rings. The molecule has 2 atom stereocenters. The van der Waals surface area contributed by atoms with Gasteiger partial charge in [0.1, 0.15) is 0 Å². The highest BCUT2D eigenvalue weighted by molar-refractivity contribution is 5.80. The number of carbonyl (C=O) groups is 1. The highest BCUT2D eigenvalue weighted by atomic mass is 16.3. The molecule has 0 saturated heterocycles. The Hall–Kier alpha value is -1.35. The van der Waals surface area contributed by atoms with Crippen molar-refractivity contribution in [2.24, 2.45) is 5.92 Å². The maximum absolute atomic E-state index is 12.5. The Balaban J connectivity index is 2.01. The number of aliphatic hydroxyl groups is 1. The van der Waals surface area contributed by atoms with E-state index in [1.807, 2.05) is 19.9 Å². The Labute approximate surface area is 121 Å². The number of rotatable bonds is 5. The van der Waals surface area contributed by atoms with Crippen LogP contribution in [0.4, 0.5) is 0 Å². The van der Waals surface area contributed by atoms with E-state index in [0.717, 1.165) is 25.7 Å². The lowest BCUT2D eigenvalue weighted by atomic mass is 9.82. The van der Waals surface area contributed by atoms with Crippen LogP contribution < -0.4 is 5.32 Å². The fourth-order valence-electron chi connectivity index (χ4n) is 2.90. The number of nitrogens with one attached hydrogen (secondary N) is 1. The molecular formula is C17H25NO2. The Kier molecular flexibility index (Phi) is 4.81. The number of hydrogen-bond acceptors (Lipinski definition) is 2. The normalized spacial score (nSPS) is 20.9. The number of carbonyl (C=O) groups excluding carboxylic acids is 1. The molecule has 0 saturated carbocycles. The summed E-state index contributed by atoms with van der Waals surface area (Å²) in [6.07, 6.45) is 4.18. The number of aryl methyl sites for hydroxylation is 1. The second kappa shape index (κ2) is 6.40. The Morgan fingerprint density at radius 3 is 2.75 bits per heavy atom. The van der Waals surface area contributed by atoms with E-state index in [1.165, 1.54) is 11.1 Å². The molecule has 110 valence electrons. The molecule has 1 amide bonds. The monoisotopic (exact) mass is 275 g/mol. The molecular weight excluding hydrogens is 250 g/mol. The molecule has 2 unspecified atom stereocenters. The van der Waals surface area contributed by atoms with Crippen LogP contribution in [0, 0.1) is 5.92 Å². The van der Waals surface area contributed by atoms with Crippen LogP contribution >= 0.6 is 0 Å². The summed E-state index contributed by atoms with van der Waals surface area (Å²) in [5, 5.41) is 12.3. The molecule has 0 spiro atoms. The molecule has 1 aromatic carbocycles. The van der Waals surface area contributed by atoms with Gasteiger partial charge in [-0.05, 0) is 50.2 Å². The van der Waals surface area contributed by atoms with E-state index in [1.54, 1.807) is 0 Å². The molecule has 0 aromatic heterocycles. The third kappa shape index (κ3) is 3.40. The van der Waals surface area contributed by atoms with Gasteiger partial charge in [-0.25, -0.2) is 0 Å². The fourth-order valence-corrected chi connectivity index (χ4v) is 2.90. The highest BCUT2D eigenvalue weighted by Crippen LogP contribution is 2.26. The first-order valence-electron chi connectivity index (χ1n) is 7.57. The van der Waals surface area contributed by atoms with Gasteiger partial charge in [-0.1, -0.05) is 31.2 Å². The summed E-state index contributed by atoms with van der Waals surface area (Å²) in [6, 6.07) is 8.39. The van der Waals surface area contributed by atoms with E-state index < -0.39 is 0 Å². The van der Waals surface area contributed by atoms with E-state index in [0.29, 0.717) is 6.42 Å². The van der Waals surface area contributed by atoms with Crippen LogP contribution in [0.3, 0.4) is 0 Å². The van der Waals surface area contributed by atoms with E-state index in [4.69, 9.17) is 5.11 Å². The van der Waals surface area contributed by atoms with E-state index >= 15 is 0 Å². The Morgan fingerprint density at radius 2 is 2.10 bits per heavy atom. The van der Waals surface area contributed by atoms with E-state index in [9.17, 15) is 4.79 Å². The van der Waals surface area contributed by atoms with Gasteiger partial charge in [-0.2, -0.15) is 0 Å². The minimum atomic E-state index is -0.289. The summed E-state index contributed by atoms with van der Waals surface area (Å²) < 4.78 is 0. The van der Waals surface area contributed by atoms with Crippen LogP contribution in [0.1, 0.15) is 44.2 Å². The minimum Gasteiger partial charge on any atom is -0.396 e. The zero-order valence-electron chi connectivity index (χ0n) is 12.5. The minimum absolute atomic E-state index is 0.0643. The SMILES string of the molecule is CCC(C)(CCO)NC(=O)C1CCc2ccccc2C1. The quantitative estimate of drug-likeness (QED) is 0.867. The molecule has 0 radical (unpaired) electrons. The van der Waals surface area contributed by atoms with Gasteiger partial charge < -0.3 is 10.4 Å². The van der Waals surface area contributed by atoms with Gasteiger partial charge >= 0.3 is 0 Å². The van der Waals surface area contributed by atoms with Gasteiger partial charge in [-0.3, -0.25) is 4.79 Å². The van der Waals surface area contributed by atoms with Crippen molar-refractivity contribution >= 4 is 5.91 Å².